The second-order valence-corrected chi connectivity index (χ2v) is 5.26. The molecule has 0 saturated carbocycles. The Bertz CT molecular complexity index is 607. The molecule has 0 radical (unpaired) electrons. The number of aromatic nitrogens is 2. The maximum Gasteiger partial charge on any atom is 0.224 e. The predicted molar refractivity (Wildman–Crippen MR) is 79.8 cm³/mol. The molecule has 0 aliphatic carbocycles. The Hall–Kier alpha value is -1.88. The summed E-state index contributed by atoms with van der Waals surface area (Å²) >= 11 is 5.89. The molecule has 2 N–H and O–H groups in total. The van der Waals surface area contributed by atoms with E-state index in [4.69, 9.17) is 11.6 Å². The number of amides is 1. The molecule has 0 saturated heterocycles. The standard InChI is InChI=1S/C15H17ClFN3O/c1-10-11(9-19-20-10)4-3-7-18-15(21)8-12-13(16)5-2-6-14(12)17/h2,5-6,9H,3-4,7-8H2,1H3,(H,18,21)(H,19,20). The Morgan fingerprint density at radius 2 is 2.29 bits per heavy atom. The van der Waals surface area contributed by atoms with Crippen molar-refractivity contribution < 1.29 is 9.18 Å². The number of nitrogens with one attached hydrogen (secondary N) is 2. The van der Waals surface area contributed by atoms with Gasteiger partial charge in [0.2, 0.25) is 5.91 Å². The number of aryl methyl sites for hydroxylation is 2. The van der Waals surface area contributed by atoms with Crippen LogP contribution in [0.1, 0.15) is 23.2 Å². The molecular weight excluding hydrogens is 293 g/mol. The summed E-state index contributed by atoms with van der Waals surface area (Å²) in [5.41, 5.74) is 2.42. The Morgan fingerprint density at radius 1 is 1.48 bits per heavy atom. The van der Waals surface area contributed by atoms with E-state index in [0.29, 0.717) is 6.54 Å². The average Bonchev–Trinajstić information content (AvgIpc) is 2.85. The van der Waals surface area contributed by atoms with E-state index in [9.17, 15) is 9.18 Å². The molecule has 1 heterocycles. The number of nitrogens with zero attached hydrogens (tertiary/aromatic N) is 1. The number of rotatable bonds is 6. The van der Waals surface area contributed by atoms with Gasteiger partial charge in [-0.1, -0.05) is 17.7 Å². The lowest BCUT2D eigenvalue weighted by Crippen LogP contribution is -2.26. The van der Waals surface area contributed by atoms with Gasteiger partial charge < -0.3 is 5.32 Å². The summed E-state index contributed by atoms with van der Waals surface area (Å²) in [5.74, 6) is -0.683. The predicted octanol–water partition coefficient (Wildman–Crippen LogP) is 2.80. The van der Waals surface area contributed by atoms with Gasteiger partial charge in [0.05, 0.1) is 12.6 Å². The maximum absolute atomic E-state index is 13.6. The van der Waals surface area contributed by atoms with E-state index in [1.54, 1.807) is 12.3 Å². The molecule has 2 rings (SSSR count). The molecule has 0 aliphatic heterocycles. The van der Waals surface area contributed by atoms with Gasteiger partial charge in [-0.15, -0.1) is 0 Å². The number of aromatic amines is 1. The van der Waals surface area contributed by atoms with Crippen LogP contribution in [-0.4, -0.2) is 22.6 Å². The summed E-state index contributed by atoms with van der Waals surface area (Å²) < 4.78 is 13.6. The Kier molecular flexibility index (Phi) is 5.33. The SMILES string of the molecule is Cc1[nH]ncc1CCCNC(=O)Cc1c(F)cccc1Cl. The topological polar surface area (TPSA) is 57.8 Å². The molecule has 112 valence electrons. The van der Waals surface area contributed by atoms with Gasteiger partial charge in [-0.25, -0.2) is 4.39 Å². The summed E-state index contributed by atoms with van der Waals surface area (Å²) in [7, 11) is 0. The van der Waals surface area contributed by atoms with Crippen LogP contribution in [0.15, 0.2) is 24.4 Å². The lowest BCUT2D eigenvalue weighted by Gasteiger charge is -2.07. The molecule has 0 bridgehead atoms. The van der Waals surface area contributed by atoms with E-state index in [1.165, 1.54) is 12.1 Å². The average molecular weight is 310 g/mol. The van der Waals surface area contributed by atoms with E-state index >= 15 is 0 Å². The fourth-order valence-corrected chi connectivity index (χ4v) is 2.29. The quantitative estimate of drug-likeness (QED) is 0.806. The fraction of sp³-hybridized carbons (Fsp3) is 0.333. The molecule has 0 unspecified atom stereocenters. The van der Waals surface area contributed by atoms with Crippen LogP contribution in [0.25, 0.3) is 0 Å². The van der Waals surface area contributed by atoms with Crippen LogP contribution in [0.5, 0.6) is 0 Å². The van der Waals surface area contributed by atoms with Crippen molar-refractivity contribution in [2.75, 3.05) is 6.54 Å². The minimum absolute atomic E-state index is 0.0454. The summed E-state index contributed by atoms with van der Waals surface area (Å²) in [6, 6.07) is 4.40. The van der Waals surface area contributed by atoms with E-state index in [-0.39, 0.29) is 22.9 Å². The Balaban J connectivity index is 1.76. The fourth-order valence-electron chi connectivity index (χ4n) is 2.06. The van der Waals surface area contributed by atoms with Crippen LogP contribution in [-0.2, 0) is 17.6 Å². The third-order valence-electron chi connectivity index (χ3n) is 3.28. The van der Waals surface area contributed by atoms with Crippen LogP contribution >= 0.6 is 11.6 Å². The summed E-state index contributed by atoms with van der Waals surface area (Å²) in [6.45, 7) is 2.50. The highest BCUT2D eigenvalue weighted by Gasteiger charge is 2.11. The zero-order chi connectivity index (χ0) is 15.2. The molecule has 1 amide bonds. The number of hydrogen-bond acceptors (Lipinski definition) is 2. The van der Waals surface area contributed by atoms with Gasteiger partial charge in [-0.2, -0.15) is 5.10 Å². The molecule has 0 aliphatic rings. The highest BCUT2D eigenvalue weighted by Crippen LogP contribution is 2.19. The van der Waals surface area contributed by atoms with Crippen LogP contribution < -0.4 is 5.32 Å². The van der Waals surface area contributed by atoms with Crippen LogP contribution in [0.2, 0.25) is 5.02 Å². The van der Waals surface area contributed by atoms with Crippen LogP contribution in [0.4, 0.5) is 4.39 Å². The van der Waals surface area contributed by atoms with Gasteiger partial charge in [0.15, 0.2) is 0 Å². The Morgan fingerprint density at radius 3 is 2.95 bits per heavy atom. The maximum atomic E-state index is 13.6. The molecule has 0 spiro atoms. The van der Waals surface area contributed by atoms with Crippen molar-refractivity contribution >= 4 is 17.5 Å². The van der Waals surface area contributed by atoms with Gasteiger partial charge >= 0.3 is 0 Å². The first kappa shape index (κ1) is 15.5. The van der Waals surface area contributed by atoms with Crippen molar-refractivity contribution in [1.82, 2.24) is 15.5 Å². The lowest BCUT2D eigenvalue weighted by molar-refractivity contribution is -0.120. The molecule has 1 aromatic carbocycles. The molecule has 21 heavy (non-hydrogen) atoms. The van der Waals surface area contributed by atoms with Crippen molar-refractivity contribution in [2.24, 2.45) is 0 Å². The van der Waals surface area contributed by atoms with Crippen LogP contribution in [0, 0.1) is 12.7 Å². The van der Waals surface area contributed by atoms with E-state index in [0.717, 1.165) is 24.1 Å². The smallest absolute Gasteiger partial charge is 0.224 e. The number of benzene rings is 1. The summed E-state index contributed by atoms with van der Waals surface area (Å²) in [4.78, 5) is 11.8. The number of carbonyl (C=O) groups is 1. The lowest BCUT2D eigenvalue weighted by atomic mass is 10.1. The van der Waals surface area contributed by atoms with Crippen molar-refractivity contribution in [3.05, 3.63) is 52.1 Å². The number of hydrogen-bond donors (Lipinski definition) is 2. The monoisotopic (exact) mass is 309 g/mol. The van der Waals surface area contributed by atoms with Gasteiger partial charge in [-0.3, -0.25) is 9.89 Å². The summed E-state index contributed by atoms with van der Waals surface area (Å²) in [5, 5.41) is 9.86. The van der Waals surface area contributed by atoms with Crippen molar-refractivity contribution in [2.45, 2.75) is 26.2 Å². The number of H-pyrrole nitrogens is 1. The number of halogens is 2. The molecule has 2 aromatic rings. The second kappa shape index (κ2) is 7.22. The van der Waals surface area contributed by atoms with Gasteiger partial charge in [-0.05, 0) is 37.5 Å². The largest absolute Gasteiger partial charge is 0.356 e. The van der Waals surface area contributed by atoms with Crippen molar-refractivity contribution in [1.29, 1.82) is 0 Å². The third-order valence-corrected chi connectivity index (χ3v) is 3.63. The zero-order valence-electron chi connectivity index (χ0n) is 11.7. The first-order chi connectivity index (χ1) is 10.1. The van der Waals surface area contributed by atoms with E-state index in [2.05, 4.69) is 15.5 Å². The summed E-state index contributed by atoms with van der Waals surface area (Å²) in [6.07, 6.45) is 3.38. The molecule has 0 atom stereocenters. The molecule has 6 heteroatoms. The van der Waals surface area contributed by atoms with Crippen molar-refractivity contribution in [3.63, 3.8) is 0 Å². The molecular formula is C15H17ClFN3O. The van der Waals surface area contributed by atoms with Crippen molar-refractivity contribution in [3.8, 4) is 0 Å². The van der Waals surface area contributed by atoms with Crippen LogP contribution in [0.3, 0.4) is 0 Å². The number of carbonyl (C=O) groups excluding carboxylic acids is 1. The normalized spacial score (nSPS) is 10.6. The van der Waals surface area contributed by atoms with E-state index in [1.807, 2.05) is 6.92 Å². The molecule has 4 nitrogen and oxygen atoms in total. The molecule has 0 fully saturated rings. The highest BCUT2D eigenvalue weighted by molar-refractivity contribution is 6.31. The first-order valence-electron chi connectivity index (χ1n) is 6.76. The first-order valence-corrected chi connectivity index (χ1v) is 7.14. The third kappa shape index (κ3) is 4.29. The zero-order valence-corrected chi connectivity index (χ0v) is 12.5. The minimum atomic E-state index is -0.452. The van der Waals surface area contributed by atoms with Gasteiger partial charge in [0.1, 0.15) is 5.82 Å². The minimum Gasteiger partial charge on any atom is -0.356 e. The van der Waals surface area contributed by atoms with Gasteiger partial charge in [0.25, 0.3) is 0 Å². The van der Waals surface area contributed by atoms with Gasteiger partial charge in [0, 0.05) is 22.8 Å². The highest BCUT2D eigenvalue weighted by atomic mass is 35.5. The Labute approximate surface area is 127 Å². The second-order valence-electron chi connectivity index (χ2n) is 4.85. The molecule has 1 aromatic heterocycles. The van der Waals surface area contributed by atoms with E-state index < -0.39 is 5.82 Å².